The van der Waals surface area contributed by atoms with E-state index in [1.165, 1.54) is 103 Å². The van der Waals surface area contributed by atoms with Crippen LogP contribution in [0.3, 0.4) is 0 Å². The predicted octanol–water partition coefficient (Wildman–Crippen LogP) is 8.63. The average molecular weight is 594 g/mol. The van der Waals surface area contributed by atoms with Gasteiger partial charge >= 0.3 is 13.8 Å². The quantitative estimate of drug-likeness (QED) is 0.0452. The third-order valence-electron chi connectivity index (χ3n) is 7.02. The minimum Gasteiger partial charge on any atom is -0.457 e. The van der Waals surface area contributed by atoms with Crippen molar-refractivity contribution in [3.8, 4) is 0 Å². The Morgan fingerprint density at radius 3 is 1.57 bits per heavy atom. The smallest absolute Gasteiger partial charge is 0.457 e. The van der Waals surface area contributed by atoms with Crippen LogP contribution in [0.4, 0.5) is 0 Å². The molecule has 240 valence electrons. The van der Waals surface area contributed by atoms with E-state index in [4.69, 9.17) is 24.3 Å². The molecule has 0 bridgehead atoms. The Bertz CT molecular complexity index is 594. The van der Waals surface area contributed by atoms with Crippen LogP contribution in [0.25, 0.3) is 0 Å². The Labute approximate surface area is 246 Å². The first-order chi connectivity index (χ1) is 19.4. The van der Waals surface area contributed by atoms with Crippen molar-refractivity contribution < 1.29 is 32.8 Å². The van der Waals surface area contributed by atoms with Crippen molar-refractivity contribution in [1.82, 2.24) is 0 Å². The number of carbonyl (C=O) groups is 1. The number of phosphoric acid groups is 1. The third-order valence-corrected chi connectivity index (χ3v) is 8.01. The Hall–Kier alpha value is -0.500. The maximum atomic E-state index is 12.3. The maximum absolute atomic E-state index is 12.3. The summed E-state index contributed by atoms with van der Waals surface area (Å²) in [7, 11) is -4.25. The van der Waals surface area contributed by atoms with Crippen LogP contribution in [0.15, 0.2) is 0 Å². The number of carbonyl (C=O) groups excluding carboxylic acids is 1. The summed E-state index contributed by atoms with van der Waals surface area (Å²) >= 11 is 0. The van der Waals surface area contributed by atoms with Crippen molar-refractivity contribution in [2.45, 2.75) is 161 Å². The molecule has 0 heterocycles. The van der Waals surface area contributed by atoms with Gasteiger partial charge in [-0.05, 0) is 12.8 Å². The number of unbranched alkanes of at least 4 members (excludes halogenated alkanes) is 19. The van der Waals surface area contributed by atoms with Crippen LogP contribution in [-0.4, -0.2) is 49.9 Å². The number of esters is 1. The Kier molecular flexibility index (Phi) is 29.6. The normalized spacial score (nSPS) is 13.8. The molecule has 0 aromatic heterocycles. The zero-order valence-corrected chi connectivity index (χ0v) is 27.0. The van der Waals surface area contributed by atoms with E-state index in [1.54, 1.807) is 0 Å². The fourth-order valence-corrected chi connectivity index (χ4v) is 5.35. The highest BCUT2D eigenvalue weighted by Crippen LogP contribution is 2.43. The van der Waals surface area contributed by atoms with E-state index in [0.717, 1.165) is 32.1 Å². The second-order valence-corrected chi connectivity index (χ2v) is 12.5. The van der Waals surface area contributed by atoms with Gasteiger partial charge in [0.25, 0.3) is 0 Å². The zero-order chi connectivity index (χ0) is 29.6. The highest BCUT2D eigenvalue weighted by Gasteiger charge is 2.25. The van der Waals surface area contributed by atoms with Crippen molar-refractivity contribution in [2.24, 2.45) is 5.73 Å². The molecule has 40 heavy (non-hydrogen) atoms. The van der Waals surface area contributed by atoms with Gasteiger partial charge in [-0.15, -0.1) is 0 Å². The van der Waals surface area contributed by atoms with Gasteiger partial charge in [0.2, 0.25) is 0 Å². The lowest BCUT2D eigenvalue weighted by Gasteiger charge is -2.20. The molecular weight excluding hydrogens is 529 g/mol. The lowest BCUT2D eigenvalue weighted by molar-refractivity contribution is -0.154. The van der Waals surface area contributed by atoms with Crippen LogP contribution in [0.1, 0.15) is 155 Å². The first kappa shape index (κ1) is 39.5. The molecule has 0 aliphatic heterocycles. The summed E-state index contributed by atoms with van der Waals surface area (Å²) in [6.45, 7) is 4.89. The molecular formula is C31H64NO7P. The van der Waals surface area contributed by atoms with E-state index in [0.29, 0.717) is 13.0 Å². The molecule has 0 fully saturated rings. The fraction of sp³-hybridized carbons (Fsp3) is 0.968. The number of phosphoric ester groups is 1. The second kappa shape index (κ2) is 30.0. The molecule has 9 heteroatoms. The van der Waals surface area contributed by atoms with E-state index < -0.39 is 13.9 Å². The number of hydrogen-bond acceptors (Lipinski definition) is 7. The number of rotatable bonds is 32. The van der Waals surface area contributed by atoms with Gasteiger partial charge in [0.1, 0.15) is 6.10 Å². The van der Waals surface area contributed by atoms with Crippen LogP contribution >= 0.6 is 7.82 Å². The van der Waals surface area contributed by atoms with Crippen molar-refractivity contribution in [3.63, 3.8) is 0 Å². The fourth-order valence-electron chi connectivity index (χ4n) is 4.58. The molecule has 8 nitrogen and oxygen atoms in total. The zero-order valence-electron chi connectivity index (χ0n) is 26.1. The van der Waals surface area contributed by atoms with Crippen LogP contribution in [0.2, 0.25) is 0 Å². The second-order valence-electron chi connectivity index (χ2n) is 11.0. The SMILES string of the molecule is CCCCCCCCCCCCCCCCOC[C@H](COP(=O)(O)OCCN)OC(=O)CCCCCCCCC. The summed E-state index contributed by atoms with van der Waals surface area (Å²) in [4.78, 5) is 22.1. The van der Waals surface area contributed by atoms with Crippen LogP contribution < -0.4 is 5.73 Å². The first-order valence-corrected chi connectivity index (χ1v) is 18.0. The Morgan fingerprint density at radius 1 is 0.650 bits per heavy atom. The monoisotopic (exact) mass is 593 g/mol. The van der Waals surface area contributed by atoms with Crippen molar-refractivity contribution in [2.75, 3.05) is 33.0 Å². The van der Waals surface area contributed by atoms with Gasteiger partial charge in [-0.25, -0.2) is 4.57 Å². The van der Waals surface area contributed by atoms with E-state index in [2.05, 4.69) is 13.8 Å². The standard InChI is InChI=1S/C31H64NO7P/c1-3-5-7-9-11-12-13-14-15-16-17-19-21-23-26-36-28-30(29-38-40(34,35)37-27-25-32)39-31(33)24-22-20-18-10-8-6-4-2/h30H,3-29,32H2,1-2H3,(H,34,35)/t30-/m1/s1. The molecule has 0 spiro atoms. The molecule has 2 atom stereocenters. The summed E-state index contributed by atoms with van der Waals surface area (Å²) in [6.07, 6.45) is 25.5. The summed E-state index contributed by atoms with van der Waals surface area (Å²) in [5.41, 5.74) is 5.32. The van der Waals surface area contributed by atoms with Gasteiger partial charge in [0.05, 0.1) is 19.8 Å². The van der Waals surface area contributed by atoms with E-state index in [9.17, 15) is 14.3 Å². The van der Waals surface area contributed by atoms with Gasteiger partial charge in [-0.2, -0.15) is 0 Å². The molecule has 0 amide bonds. The van der Waals surface area contributed by atoms with Gasteiger partial charge in [-0.3, -0.25) is 13.8 Å². The molecule has 0 aromatic rings. The number of nitrogens with two attached hydrogens (primary N) is 1. The topological polar surface area (TPSA) is 117 Å². The van der Waals surface area contributed by atoms with E-state index in [-0.39, 0.29) is 32.3 Å². The predicted molar refractivity (Wildman–Crippen MR) is 164 cm³/mol. The maximum Gasteiger partial charge on any atom is 0.472 e. The number of ether oxygens (including phenoxy) is 2. The van der Waals surface area contributed by atoms with Crippen LogP contribution in [-0.2, 0) is 27.9 Å². The van der Waals surface area contributed by atoms with E-state index >= 15 is 0 Å². The molecule has 0 aromatic carbocycles. The number of hydrogen-bond donors (Lipinski definition) is 2. The first-order valence-electron chi connectivity index (χ1n) is 16.5. The molecule has 0 aliphatic rings. The van der Waals surface area contributed by atoms with E-state index in [1.807, 2.05) is 0 Å². The molecule has 0 rings (SSSR count). The van der Waals surface area contributed by atoms with Gasteiger partial charge in [0.15, 0.2) is 0 Å². The lowest BCUT2D eigenvalue weighted by atomic mass is 10.0. The Balaban J connectivity index is 4.04. The molecule has 0 saturated carbocycles. The van der Waals surface area contributed by atoms with Gasteiger partial charge in [-0.1, -0.05) is 136 Å². The molecule has 0 radical (unpaired) electrons. The summed E-state index contributed by atoms with van der Waals surface area (Å²) in [5.74, 6) is -0.335. The van der Waals surface area contributed by atoms with Crippen LogP contribution in [0, 0.1) is 0 Å². The third kappa shape index (κ3) is 29.0. The largest absolute Gasteiger partial charge is 0.472 e. The van der Waals surface area contributed by atoms with Crippen LogP contribution in [0.5, 0.6) is 0 Å². The summed E-state index contributed by atoms with van der Waals surface area (Å²) < 4.78 is 33.0. The lowest BCUT2D eigenvalue weighted by Crippen LogP contribution is -2.28. The van der Waals surface area contributed by atoms with Gasteiger partial charge in [0, 0.05) is 19.6 Å². The molecule has 1 unspecified atom stereocenters. The average Bonchev–Trinajstić information content (AvgIpc) is 2.94. The van der Waals surface area contributed by atoms with Crippen molar-refractivity contribution in [3.05, 3.63) is 0 Å². The Morgan fingerprint density at radius 2 is 1.10 bits per heavy atom. The minimum absolute atomic E-state index is 0.0912. The van der Waals surface area contributed by atoms with Gasteiger partial charge < -0.3 is 20.1 Å². The molecule has 0 saturated heterocycles. The van der Waals surface area contributed by atoms with Crippen molar-refractivity contribution in [1.29, 1.82) is 0 Å². The highest BCUT2D eigenvalue weighted by molar-refractivity contribution is 7.47. The molecule has 0 aliphatic carbocycles. The molecule has 3 N–H and O–H groups in total. The van der Waals surface area contributed by atoms with Crippen molar-refractivity contribution >= 4 is 13.8 Å². The minimum atomic E-state index is -4.25. The highest BCUT2D eigenvalue weighted by atomic mass is 31.2. The summed E-state index contributed by atoms with van der Waals surface area (Å²) in [5, 5.41) is 0. The summed E-state index contributed by atoms with van der Waals surface area (Å²) in [6, 6.07) is 0.